The fraction of sp³-hybridized carbons (Fsp3) is 0.462. The van der Waals surface area contributed by atoms with Crippen LogP contribution in [0.25, 0.3) is 0 Å². The van der Waals surface area contributed by atoms with Gasteiger partial charge in [0, 0.05) is 17.4 Å². The summed E-state index contributed by atoms with van der Waals surface area (Å²) in [4.78, 5) is 11.4. The van der Waals surface area contributed by atoms with Crippen LogP contribution >= 0.6 is 11.3 Å². The Labute approximate surface area is 95.5 Å². The monoisotopic (exact) mass is 220 g/mol. The smallest absolute Gasteiger partial charge is 0.236 e. The topological polar surface area (TPSA) is 17.1 Å². The van der Waals surface area contributed by atoms with E-state index < -0.39 is 0 Å². The first-order valence-corrected chi connectivity index (χ1v) is 6.34. The average molecular weight is 220 g/mol. The molecular formula is C13H16OS. The third-order valence-corrected chi connectivity index (χ3v) is 2.82. The average Bonchev–Trinajstić information content (AvgIpc) is 2.76. The molecule has 0 aliphatic carbocycles. The molecule has 0 fully saturated rings. The maximum atomic E-state index is 11.4. The molecule has 0 aliphatic heterocycles. The summed E-state index contributed by atoms with van der Waals surface area (Å²) in [7, 11) is 0. The second kappa shape index (κ2) is 7.25. The Morgan fingerprint density at radius 2 is 2.27 bits per heavy atom. The summed E-state index contributed by atoms with van der Waals surface area (Å²) < 4.78 is 0. The van der Waals surface area contributed by atoms with Crippen molar-refractivity contribution in [2.75, 3.05) is 0 Å². The number of thiophene rings is 1. The van der Waals surface area contributed by atoms with Crippen molar-refractivity contribution in [3.05, 3.63) is 22.4 Å². The minimum Gasteiger partial charge on any atom is -0.279 e. The van der Waals surface area contributed by atoms with Crippen LogP contribution in [0.1, 0.15) is 49.4 Å². The number of Topliss-reactive ketones (excluding diaryl/α,β-unsaturated/α-hetero) is 1. The van der Waals surface area contributed by atoms with Crippen LogP contribution < -0.4 is 0 Å². The molecule has 0 saturated carbocycles. The van der Waals surface area contributed by atoms with E-state index in [2.05, 4.69) is 18.8 Å². The molecule has 1 nitrogen and oxygen atoms in total. The van der Waals surface area contributed by atoms with Gasteiger partial charge in [0.25, 0.3) is 0 Å². The zero-order valence-corrected chi connectivity index (χ0v) is 9.90. The maximum Gasteiger partial charge on any atom is 0.236 e. The summed E-state index contributed by atoms with van der Waals surface area (Å²) in [5, 5.41) is 3.74. The van der Waals surface area contributed by atoms with Crippen LogP contribution in [-0.2, 0) is 0 Å². The van der Waals surface area contributed by atoms with Crippen LogP contribution in [0.5, 0.6) is 0 Å². The van der Waals surface area contributed by atoms with Crippen molar-refractivity contribution in [3.8, 4) is 11.8 Å². The highest BCUT2D eigenvalue weighted by Gasteiger charge is 2.00. The molecule has 0 N–H and O–H groups in total. The summed E-state index contributed by atoms with van der Waals surface area (Å²) >= 11 is 1.53. The molecular weight excluding hydrogens is 204 g/mol. The lowest BCUT2D eigenvalue weighted by molar-refractivity contribution is 0.105. The van der Waals surface area contributed by atoms with E-state index in [1.807, 2.05) is 16.8 Å². The lowest BCUT2D eigenvalue weighted by atomic mass is 10.1. The first kappa shape index (κ1) is 12.0. The molecule has 1 aromatic rings. The molecule has 1 heterocycles. The van der Waals surface area contributed by atoms with Gasteiger partial charge in [-0.3, -0.25) is 4.79 Å². The molecule has 0 unspecified atom stereocenters. The predicted molar refractivity (Wildman–Crippen MR) is 65.2 cm³/mol. The van der Waals surface area contributed by atoms with Gasteiger partial charge in [-0.1, -0.05) is 32.1 Å². The predicted octanol–water partition coefficient (Wildman–Crippen LogP) is 3.90. The van der Waals surface area contributed by atoms with Gasteiger partial charge in [0.15, 0.2) is 0 Å². The number of carbonyl (C=O) groups excluding carboxylic acids is 1. The molecule has 2 heteroatoms. The molecule has 0 radical (unpaired) electrons. The minimum atomic E-state index is -0.0493. The molecule has 0 spiro atoms. The van der Waals surface area contributed by atoms with Crippen molar-refractivity contribution in [2.45, 2.75) is 39.0 Å². The molecule has 1 aromatic heterocycles. The zero-order valence-electron chi connectivity index (χ0n) is 9.08. The summed E-state index contributed by atoms with van der Waals surface area (Å²) in [6.45, 7) is 2.19. The highest BCUT2D eigenvalue weighted by atomic mass is 32.1. The van der Waals surface area contributed by atoms with Gasteiger partial charge in [0.2, 0.25) is 5.78 Å². The molecule has 0 amide bonds. The summed E-state index contributed by atoms with van der Waals surface area (Å²) in [6.07, 6.45) is 5.67. The Hall–Kier alpha value is -1.07. The van der Waals surface area contributed by atoms with Gasteiger partial charge in [-0.15, -0.1) is 0 Å². The lowest BCUT2D eigenvalue weighted by Crippen LogP contribution is -1.90. The third kappa shape index (κ3) is 4.80. The number of hydrogen-bond acceptors (Lipinski definition) is 2. The van der Waals surface area contributed by atoms with E-state index in [1.165, 1.54) is 30.6 Å². The Morgan fingerprint density at radius 3 is 2.93 bits per heavy atom. The van der Waals surface area contributed by atoms with Crippen LogP contribution in [0.15, 0.2) is 16.8 Å². The molecule has 0 bridgehead atoms. The van der Waals surface area contributed by atoms with Gasteiger partial charge in [-0.05, 0) is 23.8 Å². The Bertz CT molecular complexity index is 340. The van der Waals surface area contributed by atoms with Crippen molar-refractivity contribution in [1.29, 1.82) is 0 Å². The van der Waals surface area contributed by atoms with E-state index in [1.54, 1.807) is 0 Å². The van der Waals surface area contributed by atoms with Crippen LogP contribution in [-0.4, -0.2) is 5.78 Å². The Kier molecular flexibility index (Phi) is 5.80. The van der Waals surface area contributed by atoms with Crippen molar-refractivity contribution in [3.63, 3.8) is 0 Å². The van der Waals surface area contributed by atoms with Crippen molar-refractivity contribution in [2.24, 2.45) is 0 Å². The van der Waals surface area contributed by atoms with E-state index in [-0.39, 0.29) is 5.78 Å². The van der Waals surface area contributed by atoms with E-state index >= 15 is 0 Å². The van der Waals surface area contributed by atoms with E-state index in [4.69, 9.17) is 0 Å². The number of rotatable bonds is 5. The van der Waals surface area contributed by atoms with Gasteiger partial charge >= 0.3 is 0 Å². The third-order valence-electron chi connectivity index (χ3n) is 2.14. The molecule has 0 aromatic carbocycles. The Balaban J connectivity index is 2.24. The highest BCUT2D eigenvalue weighted by Crippen LogP contribution is 2.06. The fourth-order valence-corrected chi connectivity index (χ4v) is 1.88. The number of carbonyl (C=O) groups is 1. The SMILES string of the molecule is CCCCCCC#CC(=O)c1ccsc1. The molecule has 15 heavy (non-hydrogen) atoms. The maximum absolute atomic E-state index is 11.4. The van der Waals surface area contributed by atoms with Crippen LogP contribution in [0.2, 0.25) is 0 Å². The van der Waals surface area contributed by atoms with Gasteiger partial charge in [-0.2, -0.15) is 11.3 Å². The van der Waals surface area contributed by atoms with Gasteiger partial charge in [-0.25, -0.2) is 0 Å². The highest BCUT2D eigenvalue weighted by molar-refractivity contribution is 7.08. The number of hydrogen-bond donors (Lipinski definition) is 0. The van der Waals surface area contributed by atoms with Crippen LogP contribution in [0.4, 0.5) is 0 Å². The first-order chi connectivity index (χ1) is 7.34. The van der Waals surface area contributed by atoms with Gasteiger partial charge < -0.3 is 0 Å². The second-order valence-electron chi connectivity index (χ2n) is 3.45. The van der Waals surface area contributed by atoms with Crippen LogP contribution in [0.3, 0.4) is 0 Å². The Morgan fingerprint density at radius 1 is 1.40 bits per heavy atom. The van der Waals surface area contributed by atoms with E-state index in [0.717, 1.165) is 18.4 Å². The number of unbranched alkanes of at least 4 members (excludes halogenated alkanes) is 4. The molecule has 0 atom stereocenters. The normalized spacial score (nSPS) is 9.40. The standard InChI is InChI=1S/C13H16OS/c1-2-3-4-5-6-7-8-13(14)12-9-10-15-11-12/h9-11H,2-6H2,1H3. The molecule has 0 aliphatic rings. The lowest BCUT2D eigenvalue weighted by Gasteiger charge is -1.91. The van der Waals surface area contributed by atoms with E-state index in [9.17, 15) is 4.79 Å². The van der Waals surface area contributed by atoms with E-state index in [0.29, 0.717) is 0 Å². The molecule has 80 valence electrons. The zero-order chi connectivity index (χ0) is 10.9. The second-order valence-corrected chi connectivity index (χ2v) is 4.23. The van der Waals surface area contributed by atoms with Gasteiger partial charge in [0.1, 0.15) is 0 Å². The molecule has 0 saturated heterocycles. The van der Waals surface area contributed by atoms with Crippen LogP contribution in [0, 0.1) is 11.8 Å². The van der Waals surface area contributed by atoms with Crippen molar-refractivity contribution >= 4 is 17.1 Å². The fourth-order valence-electron chi connectivity index (χ4n) is 1.25. The number of ketones is 1. The first-order valence-electron chi connectivity index (χ1n) is 5.40. The largest absolute Gasteiger partial charge is 0.279 e. The van der Waals surface area contributed by atoms with Gasteiger partial charge in [0.05, 0.1) is 0 Å². The summed E-state index contributed by atoms with van der Waals surface area (Å²) in [5.74, 6) is 5.57. The quantitative estimate of drug-likeness (QED) is 0.318. The summed E-state index contributed by atoms with van der Waals surface area (Å²) in [5.41, 5.74) is 0.723. The minimum absolute atomic E-state index is 0.0493. The van der Waals surface area contributed by atoms with Crippen molar-refractivity contribution < 1.29 is 4.79 Å². The molecule has 1 rings (SSSR count). The summed E-state index contributed by atoms with van der Waals surface area (Å²) in [6, 6.07) is 1.82. The van der Waals surface area contributed by atoms with Crippen molar-refractivity contribution in [1.82, 2.24) is 0 Å².